The molecule has 0 aliphatic heterocycles. The molecule has 0 aromatic heterocycles. The van der Waals surface area contributed by atoms with Crippen molar-refractivity contribution in [2.24, 2.45) is 29.4 Å². The van der Waals surface area contributed by atoms with Crippen molar-refractivity contribution < 1.29 is 39.3 Å². The van der Waals surface area contributed by atoms with Crippen molar-refractivity contribution in [2.75, 3.05) is 14.1 Å². The molecule has 1 aromatic rings. The highest BCUT2D eigenvalue weighted by Gasteiger charge is 2.72. The number of Topliss-reactive ketones (excluding diaryl/α,β-unsaturated/α-hetero) is 4. The van der Waals surface area contributed by atoms with Gasteiger partial charge in [0.25, 0.3) is 0 Å². The Labute approximate surface area is 195 Å². The molecule has 10 heteroatoms. The molecule has 2 saturated carbocycles. The van der Waals surface area contributed by atoms with E-state index >= 15 is 0 Å². The number of hydrogen-bond donors (Lipinski definition) is 4. The average Bonchev–Trinajstić information content (AvgIpc) is 2.75. The zero-order chi connectivity index (χ0) is 25.4. The van der Waals surface area contributed by atoms with E-state index in [1.165, 1.54) is 31.1 Å². The number of fused-ring (bicyclic) bond motifs is 3. The monoisotopic (exact) mass is 470 g/mol. The van der Waals surface area contributed by atoms with E-state index in [0.717, 1.165) is 0 Å². The van der Waals surface area contributed by atoms with Crippen LogP contribution < -0.4 is 5.73 Å². The highest BCUT2D eigenvalue weighted by atomic mass is 16.3. The molecule has 2 fully saturated rings. The number of rotatable bonds is 3. The molecule has 5 N–H and O–H groups in total. The fourth-order valence-corrected chi connectivity index (χ4v) is 6.28. The van der Waals surface area contributed by atoms with E-state index in [1.807, 2.05) is 0 Å². The molecule has 10 nitrogen and oxygen atoms in total. The third-order valence-electron chi connectivity index (χ3n) is 7.72. The van der Waals surface area contributed by atoms with Gasteiger partial charge in [-0.2, -0.15) is 0 Å². The number of amides is 1. The normalized spacial score (nSPS) is 37.2. The predicted molar refractivity (Wildman–Crippen MR) is 118 cm³/mol. The van der Waals surface area contributed by atoms with Crippen LogP contribution in [0, 0.1) is 23.7 Å². The number of likely N-dealkylation sites (N-methyl/N-ethyl adjacent to an activating group) is 1. The quantitative estimate of drug-likeness (QED) is 0.406. The Bertz CT molecular complexity index is 1170. The summed E-state index contributed by atoms with van der Waals surface area (Å²) in [7, 11) is 2.89. The average molecular weight is 470 g/mol. The van der Waals surface area contributed by atoms with E-state index in [9.17, 15) is 39.3 Å². The summed E-state index contributed by atoms with van der Waals surface area (Å²) in [6.45, 7) is 5.37. The number of phenolic OH excluding ortho intramolecular Hbond substituents is 1. The Kier molecular flexibility index (Phi) is 5.39. The van der Waals surface area contributed by atoms with Crippen molar-refractivity contribution >= 4 is 35.1 Å². The fourth-order valence-electron chi connectivity index (χ4n) is 6.28. The molecule has 0 radical (unpaired) electrons. The summed E-state index contributed by atoms with van der Waals surface area (Å²) in [5.74, 6) is -13.4. The van der Waals surface area contributed by atoms with E-state index in [2.05, 4.69) is 6.58 Å². The number of aliphatic hydroxyl groups is 2. The summed E-state index contributed by atoms with van der Waals surface area (Å²) in [6.07, 6.45) is -0.183. The second-order valence-corrected chi connectivity index (χ2v) is 9.53. The van der Waals surface area contributed by atoms with Crippen LogP contribution in [0.2, 0.25) is 0 Å². The first-order valence-electron chi connectivity index (χ1n) is 10.8. The summed E-state index contributed by atoms with van der Waals surface area (Å²) < 4.78 is 0. The summed E-state index contributed by atoms with van der Waals surface area (Å²) in [4.78, 5) is 66.9. The van der Waals surface area contributed by atoms with Crippen molar-refractivity contribution in [2.45, 2.75) is 30.6 Å². The largest absolute Gasteiger partial charge is 0.507 e. The van der Waals surface area contributed by atoms with Gasteiger partial charge in [-0.3, -0.25) is 28.9 Å². The van der Waals surface area contributed by atoms with E-state index in [-0.39, 0.29) is 5.56 Å². The molecule has 0 bridgehead atoms. The molecule has 1 aromatic carbocycles. The Morgan fingerprint density at radius 2 is 1.79 bits per heavy atom. The lowest BCUT2D eigenvalue weighted by atomic mass is 9.49. The van der Waals surface area contributed by atoms with Gasteiger partial charge in [0.15, 0.2) is 34.7 Å². The maximum atomic E-state index is 13.8. The topological polar surface area (TPSA) is 175 Å². The third-order valence-corrected chi connectivity index (χ3v) is 7.72. The molecule has 180 valence electrons. The minimum absolute atomic E-state index is 0.149. The predicted octanol–water partition coefficient (Wildman–Crippen LogP) is -0.958. The molecule has 34 heavy (non-hydrogen) atoms. The molecular formula is C24H26N2O8. The molecule has 8 atom stereocenters. The van der Waals surface area contributed by atoms with Crippen LogP contribution in [0.15, 0.2) is 18.7 Å². The first-order chi connectivity index (χ1) is 15.8. The van der Waals surface area contributed by atoms with Crippen LogP contribution in [-0.2, 0) is 19.2 Å². The maximum absolute atomic E-state index is 13.8. The van der Waals surface area contributed by atoms with Gasteiger partial charge in [0, 0.05) is 5.92 Å². The number of aromatic hydroxyl groups is 1. The lowest BCUT2D eigenvalue weighted by Gasteiger charge is -2.56. The van der Waals surface area contributed by atoms with Crippen molar-refractivity contribution in [1.29, 1.82) is 0 Å². The van der Waals surface area contributed by atoms with Crippen LogP contribution in [0.5, 0.6) is 5.75 Å². The molecule has 0 spiro atoms. The Morgan fingerprint density at radius 3 is 2.32 bits per heavy atom. The van der Waals surface area contributed by atoms with Crippen molar-refractivity contribution in [3.63, 3.8) is 0 Å². The van der Waals surface area contributed by atoms with Crippen LogP contribution in [-0.4, -0.2) is 81.1 Å². The van der Waals surface area contributed by atoms with Crippen LogP contribution in [0.4, 0.5) is 0 Å². The molecule has 3 aliphatic rings. The molecule has 0 saturated heterocycles. The highest BCUT2D eigenvalue weighted by Crippen LogP contribution is 2.55. The number of hydrogen-bond acceptors (Lipinski definition) is 9. The van der Waals surface area contributed by atoms with Gasteiger partial charge in [0.2, 0.25) is 5.91 Å². The molecular weight excluding hydrogens is 444 g/mol. The van der Waals surface area contributed by atoms with Gasteiger partial charge in [-0.1, -0.05) is 25.6 Å². The fraction of sp³-hybridized carbons (Fsp3) is 0.458. The number of carbonyl (C=O) groups excluding carboxylic acids is 5. The Hall–Kier alpha value is -3.21. The standard InChI is InChI=1S/C24H26N2O8/c1-5-9-6-7-10(27)13-11(9)8(2)12-14(18(13)28)21(31)24(34)16(19(12)29)17(26(3)4)20(30)15(22(24)32)23(25)33/h5-8,12,14-17,19,27,29,34H,1H2,2-4H3,(H2,25,33)/t8-,12+,14?,15?,16+,17-,19-,24-/m0/s1. The van der Waals surface area contributed by atoms with Gasteiger partial charge in [-0.15, -0.1) is 0 Å². The van der Waals surface area contributed by atoms with Crippen LogP contribution in [0.1, 0.15) is 34.3 Å². The zero-order valence-electron chi connectivity index (χ0n) is 18.9. The van der Waals surface area contributed by atoms with E-state index in [1.54, 1.807) is 13.0 Å². The van der Waals surface area contributed by atoms with E-state index in [4.69, 9.17) is 5.73 Å². The number of phenols is 1. The second kappa shape index (κ2) is 7.66. The molecule has 2 unspecified atom stereocenters. The Morgan fingerprint density at radius 1 is 1.18 bits per heavy atom. The first-order valence-corrected chi connectivity index (χ1v) is 10.8. The lowest BCUT2D eigenvalue weighted by Crippen LogP contribution is -2.77. The SMILES string of the molecule is C=Cc1ccc(O)c2c1[C@H](C)[C@@H]1C(C2=O)C(=O)[C@]2(O)C(=O)C(C(N)=O)C(=O)[C@@H](N(C)C)[C@@H]2[C@H]1O. The van der Waals surface area contributed by atoms with Gasteiger partial charge in [-0.25, -0.2) is 0 Å². The van der Waals surface area contributed by atoms with Crippen molar-refractivity contribution in [3.8, 4) is 5.75 Å². The van der Waals surface area contributed by atoms with Gasteiger partial charge in [0.1, 0.15) is 5.75 Å². The number of aliphatic hydroxyl groups excluding tert-OH is 1. The summed E-state index contributed by atoms with van der Waals surface area (Å²) >= 11 is 0. The van der Waals surface area contributed by atoms with Crippen molar-refractivity contribution in [3.05, 3.63) is 35.4 Å². The van der Waals surface area contributed by atoms with Gasteiger partial charge in [-0.05, 0) is 37.2 Å². The number of benzene rings is 1. The van der Waals surface area contributed by atoms with Gasteiger partial charge in [0.05, 0.1) is 29.5 Å². The van der Waals surface area contributed by atoms with E-state index in [0.29, 0.717) is 11.1 Å². The number of nitrogens with two attached hydrogens (primary N) is 1. The molecule has 3 aliphatic carbocycles. The lowest BCUT2D eigenvalue weighted by molar-refractivity contribution is -0.196. The van der Waals surface area contributed by atoms with Crippen molar-refractivity contribution in [1.82, 2.24) is 4.90 Å². The van der Waals surface area contributed by atoms with Gasteiger partial charge >= 0.3 is 0 Å². The number of carbonyl (C=O) groups is 5. The van der Waals surface area contributed by atoms with Crippen LogP contribution in [0.25, 0.3) is 6.08 Å². The summed E-state index contributed by atoms with van der Waals surface area (Å²) in [5.41, 5.74) is 3.02. The maximum Gasteiger partial charge on any atom is 0.235 e. The molecule has 0 heterocycles. The van der Waals surface area contributed by atoms with Gasteiger partial charge < -0.3 is 21.1 Å². The number of nitrogens with zero attached hydrogens (tertiary/aromatic N) is 1. The van der Waals surface area contributed by atoms with Crippen LogP contribution in [0.3, 0.4) is 0 Å². The Balaban J connectivity index is 1.99. The van der Waals surface area contributed by atoms with E-state index < -0.39 is 82.1 Å². The number of primary amides is 1. The number of ketones is 4. The van der Waals surface area contributed by atoms with Crippen LogP contribution >= 0.6 is 0 Å². The minimum Gasteiger partial charge on any atom is -0.507 e. The molecule has 4 rings (SSSR count). The molecule has 1 amide bonds. The highest BCUT2D eigenvalue weighted by molar-refractivity contribution is 6.32. The smallest absolute Gasteiger partial charge is 0.235 e. The second-order valence-electron chi connectivity index (χ2n) is 9.53. The minimum atomic E-state index is -3.00. The third kappa shape index (κ3) is 2.76. The zero-order valence-corrected chi connectivity index (χ0v) is 18.9. The first kappa shape index (κ1) is 23.9. The summed E-state index contributed by atoms with van der Waals surface area (Å²) in [6, 6.07) is 1.43. The summed E-state index contributed by atoms with van der Waals surface area (Å²) in [5, 5.41) is 33.5.